The third-order valence-electron chi connectivity index (χ3n) is 5.85. The summed E-state index contributed by atoms with van der Waals surface area (Å²) in [5.74, 6) is -0.413. The minimum absolute atomic E-state index is 0.413. The Balaban J connectivity index is 1.57. The number of primary amides is 1. The monoisotopic (exact) mass is 394 g/mol. The van der Waals surface area contributed by atoms with Crippen LogP contribution in [0.4, 0.5) is 0 Å². The Morgan fingerprint density at radius 3 is 2.80 bits per heavy atom. The third-order valence-corrected chi connectivity index (χ3v) is 5.85. The zero-order chi connectivity index (χ0) is 20.7. The van der Waals surface area contributed by atoms with Crippen molar-refractivity contribution in [2.24, 2.45) is 5.73 Å². The normalized spacial score (nSPS) is 13.6. The largest absolute Gasteiger partial charge is 0.366 e. The maximum absolute atomic E-state index is 11.7. The highest BCUT2D eigenvalue weighted by atomic mass is 16.1. The predicted octanol–water partition coefficient (Wildman–Crippen LogP) is 5.04. The van der Waals surface area contributed by atoms with Crippen molar-refractivity contribution in [3.63, 3.8) is 0 Å². The van der Waals surface area contributed by atoms with Crippen molar-refractivity contribution in [1.29, 1.82) is 0 Å². The van der Waals surface area contributed by atoms with Crippen LogP contribution in [0.25, 0.3) is 33.6 Å². The number of hydrogen-bond acceptors (Lipinski definition) is 3. The summed E-state index contributed by atoms with van der Waals surface area (Å²) in [6.07, 6.45) is 11.5. The summed E-state index contributed by atoms with van der Waals surface area (Å²) in [5.41, 5.74) is 14.3. The van der Waals surface area contributed by atoms with Crippen molar-refractivity contribution in [3.05, 3.63) is 84.0 Å². The van der Waals surface area contributed by atoms with E-state index >= 15 is 0 Å². The first kappa shape index (κ1) is 18.3. The topological polar surface area (TPSA) is 73.3 Å². The highest BCUT2D eigenvalue weighted by molar-refractivity contribution is 5.96. The fourth-order valence-corrected chi connectivity index (χ4v) is 4.25. The Morgan fingerprint density at radius 2 is 2.00 bits per heavy atom. The molecule has 2 N–H and O–H groups in total. The van der Waals surface area contributed by atoms with E-state index in [4.69, 9.17) is 5.73 Å². The molecule has 0 fully saturated rings. The van der Waals surface area contributed by atoms with Gasteiger partial charge in [0.2, 0.25) is 5.91 Å². The van der Waals surface area contributed by atoms with Crippen molar-refractivity contribution in [1.82, 2.24) is 14.4 Å². The summed E-state index contributed by atoms with van der Waals surface area (Å²) in [7, 11) is 0. The zero-order valence-electron chi connectivity index (χ0n) is 16.8. The highest BCUT2D eigenvalue weighted by Crippen LogP contribution is 2.31. The summed E-state index contributed by atoms with van der Waals surface area (Å²) in [6, 6.07) is 13.9. The minimum atomic E-state index is -0.413. The molecule has 0 spiro atoms. The molecule has 5 rings (SSSR count). The SMILES string of the molecule is Cc1c(C(N)=O)cccc1-c1ccn2c(-c3ccnc(C4=CCCC4)c3)cnc2c1. The van der Waals surface area contributed by atoms with Crippen LogP contribution in [0.15, 0.2) is 67.1 Å². The molecule has 5 heteroatoms. The van der Waals surface area contributed by atoms with Gasteiger partial charge in [-0.2, -0.15) is 0 Å². The lowest BCUT2D eigenvalue weighted by molar-refractivity contribution is 0.1000. The molecular formula is C25H22N4O. The van der Waals surface area contributed by atoms with Gasteiger partial charge in [0.15, 0.2) is 0 Å². The summed E-state index contributed by atoms with van der Waals surface area (Å²) >= 11 is 0. The number of rotatable bonds is 4. The van der Waals surface area contributed by atoms with Crippen LogP contribution in [-0.4, -0.2) is 20.3 Å². The Hall–Kier alpha value is -3.73. The van der Waals surface area contributed by atoms with Gasteiger partial charge >= 0.3 is 0 Å². The molecule has 1 aromatic carbocycles. The number of hydrogen-bond donors (Lipinski definition) is 1. The van der Waals surface area contributed by atoms with Crippen LogP contribution in [-0.2, 0) is 0 Å². The number of imidazole rings is 1. The summed E-state index contributed by atoms with van der Waals surface area (Å²) in [6.45, 7) is 1.92. The molecular weight excluding hydrogens is 372 g/mol. The van der Waals surface area contributed by atoms with E-state index in [1.807, 2.05) is 55.8 Å². The lowest BCUT2D eigenvalue weighted by atomic mass is 9.97. The molecule has 30 heavy (non-hydrogen) atoms. The molecule has 1 aliphatic rings. The first-order valence-electron chi connectivity index (χ1n) is 10.1. The molecule has 3 aromatic heterocycles. The number of nitrogens with two attached hydrogens (primary N) is 1. The van der Waals surface area contributed by atoms with Gasteiger partial charge in [-0.15, -0.1) is 0 Å². The number of carbonyl (C=O) groups is 1. The fourth-order valence-electron chi connectivity index (χ4n) is 4.25. The van der Waals surface area contributed by atoms with Crippen molar-refractivity contribution >= 4 is 17.1 Å². The molecule has 5 nitrogen and oxygen atoms in total. The quantitative estimate of drug-likeness (QED) is 0.527. The number of allylic oxidation sites excluding steroid dienone is 2. The lowest BCUT2D eigenvalue weighted by Gasteiger charge is -2.10. The van der Waals surface area contributed by atoms with Crippen LogP contribution in [0.1, 0.15) is 40.9 Å². The van der Waals surface area contributed by atoms with E-state index in [1.54, 1.807) is 6.07 Å². The van der Waals surface area contributed by atoms with Crippen LogP contribution in [0.3, 0.4) is 0 Å². The van der Waals surface area contributed by atoms with Gasteiger partial charge in [0.05, 0.1) is 17.6 Å². The average molecular weight is 394 g/mol. The van der Waals surface area contributed by atoms with E-state index in [9.17, 15) is 4.79 Å². The van der Waals surface area contributed by atoms with Gasteiger partial charge in [0.1, 0.15) is 5.65 Å². The Morgan fingerprint density at radius 1 is 1.10 bits per heavy atom. The summed E-state index contributed by atoms with van der Waals surface area (Å²) in [4.78, 5) is 20.9. The molecule has 148 valence electrons. The number of carbonyl (C=O) groups excluding carboxylic acids is 1. The van der Waals surface area contributed by atoms with Crippen molar-refractivity contribution in [2.75, 3.05) is 0 Å². The van der Waals surface area contributed by atoms with E-state index in [0.717, 1.165) is 52.1 Å². The van der Waals surface area contributed by atoms with Gasteiger partial charge in [-0.1, -0.05) is 18.2 Å². The maximum Gasteiger partial charge on any atom is 0.248 e. The summed E-state index contributed by atoms with van der Waals surface area (Å²) < 4.78 is 2.08. The smallest absolute Gasteiger partial charge is 0.248 e. The van der Waals surface area contributed by atoms with Crippen molar-refractivity contribution in [2.45, 2.75) is 26.2 Å². The van der Waals surface area contributed by atoms with Crippen molar-refractivity contribution < 1.29 is 4.79 Å². The standard InChI is InChI=1S/C25H22N4O/c1-16-20(7-4-8-21(16)25(26)30)18-10-12-29-23(15-28-24(29)14-18)19-9-11-27-22(13-19)17-5-2-3-6-17/h4-5,7-15H,2-3,6H2,1H3,(H2,26,30). The number of nitrogens with zero attached hydrogens (tertiary/aromatic N) is 3. The van der Waals surface area contributed by atoms with Crippen LogP contribution >= 0.6 is 0 Å². The van der Waals surface area contributed by atoms with Gasteiger partial charge in [0.25, 0.3) is 0 Å². The molecule has 0 aliphatic heterocycles. The second-order valence-electron chi connectivity index (χ2n) is 7.68. The number of aromatic nitrogens is 3. The second-order valence-corrected chi connectivity index (χ2v) is 7.68. The van der Waals surface area contributed by atoms with Gasteiger partial charge in [-0.25, -0.2) is 4.98 Å². The number of amides is 1. The lowest BCUT2D eigenvalue weighted by Crippen LogP contribution is -2.12. The zero-order valence-corrected chi connectivity index (χ0v) is 16.8. The first-order chi connectivity index (χ1) is 14.6. The molecule has 0 saturated heterocycles. The van der Waals surface area contributed by atoms with E-state index < -0.39 is 5.91 Å². The van der Waals surface area contributed by atoms with Gasteiger partial charge in [0, 0.05) is 23.5 Å². The number of fused-ring (bicyclic) bond motifs is 1. The van der Waals surface area contributed by atoms with Crippen LogP contribution in [0, 0.1) is 6.92 Å². The average Bonchev–Trinajstić information content (AvgIpc) is 3.43. The van der Waals surface area contributed by atoms with Crippen LogP contribution in [0.2, 0.25) is 0 Å². The van der Waals surface area contributed by atoms with E-state index in [1.165, 1.54) is 12.0 Å². The fraction of sp³-hybridized carbons (Fsp3) is 0.160. The first-order valence-corrected chi connectivity index (χ1v) is 10.1. The maximum atomic E-state index is 11.7. The Labute approximate surface area is 174 Å². The minimum Gasteiger partial charge on any atom is -0.366 e. The Kier molecular flexibility index (Phi) is 4.43. The third kappa shape index (κ3) is 3.08. The van der Waals surface area contributed by atoms with Crippen LogP contribution in [0.5, 0.6) is 0 Å². The van der Waals surface area contributed by atoms with E-state index in [0.29, 0.717) is 5.56 Å². The molecule has 0 radical (unpaired) electrons. The molecule has 3 heterocycles. The molecule has 4 aromatic rings. The van der Waals surface area contributed by atoms with E-state index in [2.05, 4.69) is 26.5 Å². The van der Waals surface area contributed by atoms with Gasteiger partial charge in [-0.3, -0.25) is 14.2 Å². The molecule has 0 bridgehead atoms. The predicted molar refractivity (Wildman–Crippen MR) is 119 cm³/mol. The van der Waals surface area contributed by atoms with Crippen molar-refractivity contribution in [3.8, 4) is 22.4 Å². The molecule has 1 aliphatic carbocycles. The molecule has 1 amide bonds. The molecule has 0 saturated carbocycles. The Bertz CT molecular complexity index is 1320. The van der Waals surface area contributed by atoms with Gasteiger partial charge < -0.3 is 5.73 Å². The highest BCUT2D eigenvalue weighted by Gasteiger charge is 2.14. The number of pyridine rings is 2. The summed E-state index contributed by atoms with van der Waals surface area (Å²) in [5, 5.41) is 0. The van der Waals surface area contributed by atoms with Crippen LogP contribution < -0.4 is 5.73 Å². The number of benzene rings is 1. The molecule has 0 unspecified atom stereocenters. The second kappa shape index (κ2) is 7.26. The molecule has 0 atom stereocenters. The van der Waals surface area contributed by atoms with Gasteiger partial charge in [-0.05, 0) is 78.8 Å². The van der Waals surface area contributed by atoms with E-state index in [-0.39, 0.29) is 0 Å².